The molecule has 0 aromatic carbocycles. The number of aromatic nitrogens is 1. The highest BCUT2D eigenvalue weighted by atomic mass is 127. The van der Waals surface area contributed by atoms with Gasteiger partial charge in [-0.05, 0) is 28.7 Å². The zero-order valence-corrected chi connectivity index (χ0v) is 9.18. The Bertz CT molecular complexity index is 322. The Kier molecular flexibility index (Phi) is 3.81. The van der Waals surface area contributed by atoms with Crippen molar-refractivity contribution in [2.45, 2.75) is 13.0 Å². The summed E-state index contributed by atoms with van der Waals surface area (Å²) in [4.78, 5) is 3.45. The van der Waals surface area contributed by atoms with E-state index in [0.29, 0.717) is 3.57 Å². The maximum Gasteiger partial charge on any atom is 0.280 e. The van der Waals surface area contributed by atoms with Crippen LogP contribution in [0.15, 0.2) is 6.07 Å². The second-order valence-electron chi connectivity index (χ2n) is 2.25. The molecule has 72 valence electrons. The Balaban J connectivity index is 3.29. The predicted molar refractivity (Wildman–Crippen MR) is 52.8 cm³/mol. The summed E-state index contributed by atoms with van der Waals surface area (Å²) < 4.78 is 25.2. The first kappa shape index (κ1) is 11.1. The van der Waals surface area contributed by atoms with Crippen LogP contribution in [-0.2, 0) is 6.61 Å². The van der Waals surface area contributed by atoms with Crippen LogP contribution >= 0.6 is 34.2 Å². The topological polar surface area (TPSA) is 33.1 Å². The molecule has 0 radical (unpaired) electrons. The first-order valence-electron chi connectivity index (χ1n) is 3.30. The molecule has 2 nitrogen and oxygen atoms in total. The van der Waals surface area contributed by atoms with Crippen molar-refractivity contribution >= 4 is 34.2 Å². The minimum atomic E-state index is -2.71. The van der Waals surface area contributed by atoms with E-state index in [0.717, 1.165) is 0 Å². The molecule has 1 rings (SSSR count). The lowest BCUT2D eigenvalue weighted by Gasteiger charge is -2.07. The number of nitrogens with zero attached hydrogens (tertiary/aromatic N) is 1. The zero-order valence-electron chi connectivity index (χ0n) is 6.27. The summed E-state index contributed by atoms with van der Waals surface area (Å²) in [5.74, 6) is 0. The maximum absolute atomic E-state index is 12.3. The van der Waals surface area contributed by atoms with E-state index in [1.807, 2.05) is 22.6 Å². The van der Waals surface area contributed by atoms with Gasteiger partial charge < -0.3 is 5.11 Å². The van der Waals surface area contributed by atoms with Gasteiger partial charge in [-0.3, -0.25) is 0 Å². The zero-order chi connectivity index (χ0) is 10.0. The van der Waals surface area contributed by atoms with Crippen LogP contribution in [0, 0.1) is 3.57 Å². The molecule has 0 unspecified atom stereocenters. The number of hydrogen-bond acceptors (Lipinski definition) is 2. The Hall–Kier alpha value is -0.0100. The number of aliphatic hydroxyl groups excluding tert-OH is 1. The second-order valence-corrected chi connectivity index (χ2v) is 3.80. The standard InChI is InChI=1S/C7H5ClF2INO/c8-5-1-4(11)3(2-13)6(12-5)7(9)10/h1,7,13H,2H2. The van der Waals surface area contributed by atoms with E-state index in [-0.39, 0.29) is 10.7 Å². The van der Waals surface area contributed by atoms with Crippen molar-refractivity contribution in [3.63, 3.8) is 0 Å². The van der Waals surface area contributed by atoms with Crippen molar-refractivity contribution in [1.82, 2.24) is 4.98 Å². The molecule has 0 aliphatic carbocycles. The van der Waals surface area contributed by atoms with E-state index >= 15 is 0 Å². The van der Waals surface area contributed by atoms with E-state index < -0.39 is 18.7 Å². The third-order valence-corrected chi connectivity index (χ3v) is 2.59. The highest BCUT2D eigenvalue weighted by molar-refractivity contribution is 14.1. The Morgan fingerprint density at radius 3 is 2.69 bits per heavy atom. The van der Waals surface area contributed by atoms with Gasteiger partial charge >= 0.3 is 0 Å². The fourth-order valence-electron chi connectivity index (χ4n) is 0.866. The predicted octanol–water partition coefficient (Wildman–Crippen LogP) is 2.77. The molecule has 0 saturated carbocycles. The van der Waals surface area contributed by atoms with Crippen LogP contribution in [0.4, 0.5) is 8.78 Å². The lowest BCUT2D eigenvalue weighted by Crippen LogP contribution is -2.01. The molecule has 6 heteroatoms. The first-order chi connectivity index (χ1) is 6.06. The number of rotatable bonds is 2. The van der Waals surface area contributed by atoms with E-state index in [9.17, 15) is 8.78 Å². The summed E-state index contributed by atoms with van der Waals surface area (Å²) in [7, 11) is 0. The van der Waals surface area contributed by atoms with E-state index in [1.54, 1.807) is 0 Å². The molecular formula is C7H5ClF2INO. The molecule has 0 aliphatic heterocycles. The molecule has 0 atom stereocenters. The van der Waals surface area contributed by atoms with Gasteiger partial charge in [0.15, 0.2) is 0 Å². The van der Waals surface area contributed by atoms with Gasteiger partial charge in [-0.15, -0.1) is 0 Å². The van der Waals surface area contributed by atoms with Crippen LogP contribution in [-0.4, -0.2) is 10.1 Å². The minimum Gasteiger partial charge on any atom is -0.392 e. The molecule has 0 bridgehead atoms. The highest BCUT2D eigenvalue weighted by Gasteiger charge is 2.17. The SMILES string of the molecule is OCc1c(I)cc(Cl)nc1C(F)F. The van der Waals surface area contributed by atoms with Crippen LogP contribution in [0.5, 0.6) is 0 Å². The lowest BCUT2D eigenvalue weighted by molar-refractivity contribution is 0.141. The largest absolute Gasteiger partial charge is 0.392 e. The molecule has 0 spiro atoms. The van der Waals surface area contributed by atoms with Gasteiger partial charge in [0.25, 0.3) is 6.43 Å². The fraction of sp³-hybridized carbons (Fsp3) is 0.286. The molecule has 1 aromatic rings. The van der Waals surface area contributed by atoms with Gasteiger partial charge in [-0.1, -0.05) is 11.6 Å². The number of halogens is 4. The maximum atomic E-state index is 12.3. The number of hydrogen-bond donors (Lipinski definition) is 1. The minimum absolute atomic E-state index is 0.0110. The highest BCUT2D eigenvalue weighted by Crippen LogP contribution is 2.26. The summed E-state index contributed by atoms with van der Waals surface area (Å²) in [5.41, 5.74) is -0.306. The van der Waals surface area contributed by atoms with Crippen LogP contribution in [0.1, 0.15) is 17.7 Å². The Morgan fingerprint density at radius 2 is 2.23 bits per heavy atom. The first-order valence-corrected chi connectivity index (χ1v) is 4.75. The molecule has 1 heterocycles. The van der Waals surface area contributed by atoms with Gasteiger partial charge in [0.2, 0.25) is 0 Å². The molecule has 1 N–H and O–H groups in total. The van der Waals surface area contributed by atoms with Crippen molar-refractivity contribution in [1.29, 1.82) is 0 Å². The second kappa shape index (κ2) is 4.47. The summed E-state index contributed by atoms with van der Waals surface area (Å²) >= 11 is 7.32. The molecule has 13 heavy (non-hydrogen) atoms. The van der Waals surface area contributed by atoms with Crippen molar-refractivity contribution in [2.24, 2.45) is 0 Å². The quantitative estimate of drug-likeness (QED) is 0.672. The fourth-order valence-corrected chi connectivity index (χ4v) is 1.99. The summed E-state index contributed by atoms with van der Waals surface area (Å²) in [6.07, 6.45) is -2.71. The Morgan fingerprint density at radius 1 is 1.62 bits per heavy atom. The van der Waals surface area contributed by atoms with E-state index in [4.69, 9.17) is 16.7 Å². The van der Waals surface area contributed by atoms with Crippen LogP contribution in [0.25, 0.3) is 0 Å². The van der Waals surface area contributed by atoms with Crippen molar-refractivity contribution < 1.29 is 13.9 Å². The third kappa shape index (κ3) is 2.47. The summed E-state index contributed by atoms with van der Waals surface area (Å²) in [6, 6.07) is 1.43. The van der Waals surface area contributed by atoms with Crippen LogP contribution < -0.4 is 0 Å². The third-order valence-electron chi connectivity index (χ3n) is 1.44. The van der Waals surface area contributed by atoms with Crippen LogP contribution in [0.3, 0.4) is 0 Å². The monoisotopic (exact) mass is 319 g/mol. The molecule has 0 aliphatic rings. The number of aliphatic hydroxyl groups is 1. The van der Waals surface area contributed by atoms with Gasteiger partial charge in [0.1, 0.15) is 10.8 Å². The average Bonchev–Trinajstić information content (AvgIpc) is 2.02. The molecule has 0 fully saturated rings. The van der Waals surface area contributed by atoms with Gasteiger partial charge in [-0.25, -0.2) is 13.8 Å². The smallest absolute Gasteiger partial charge is 0.280 e. The molecule has 0 amide bonds. The lowest BCUT2D eigenvalue weighted by atomic mass is 10.2. The summed E-state index contributed by atoms with van der Waals surface area (Å²) in [6.45, 7) is -0.456. The molecule has 1 aromatic heterocycles. The van der Waals surface area contributed by atoms with Gasteiger partial charge in [0, 0.05) is 9.13 Å². The normalized spacial score (nSPS) is 10.9. The summed E-state index contributed by atoms with van der Waals surface area (Å²) in [5, 5.41) is 8.83. The van der Waals surface area contributed by atoms with E-state index in [1.165, 1.54) is 6.07 Å². The van der Waals surface area contributed by atoms with Crippen molar-refractivity contribution in [2.75, 3.05) is 0 Å². The number of pyridine rings is 1. The molecular weight excluding hydrogens is 314 g/mol. The Labute approximate surface area is 92.1 Å². The van der Waals surface area contributed by atoms with Gasteiger partial charge in [-0.2, -0.15) is 0 Å². The van der Waals surface area contributed by atoms with Gasteiger partial charge in [0.05, 0.1) is 6.61 Å². The molecule has 0 saturated heterocycles. The average molecular weight is 319 g/mol. The van der Waals surface area contributed by atoms with Crippen molar-refractivity contribution in [3.8, 4) is 0 Å². The van der Waals surface area contributed by atoms with E-state index in [2.05, 4.69) is 4.98 Å². The van der Waals surface area contributed by atoms with Crippen LogP contribution in [0.2, 0.25) is 5.15 Å². The van der Waals surface area contributed by atoms with Crippen molar-refractivity contribution in [3.05, 3.63) is 26.0 Å². The number of alkyl halides is 2.